The maximum atomic E-state index is 13.3. The number of hydrogen-bond donors (Lipinski definition) is 1. The number of carbonyl (C=O) groups excluding carboxylic acids is 1. The predicted molar refractivity (Wildman–Crippen MR) is 114 cm³/mol. The summed E-state index contributed by atoms with van der Waals surface area (Å²) in [7, 11) is 0. The normalized spacial score (nSPS) is 24.9. The van der Waals surface area contributed by atoms with E-state index in [1.54, 1.807) is 6.07 Å². The van der Waals surface area contributed by atoms with Crippen LogP contribution >= 0.6 is 11.3 Å². The highest BCUT2D eigenvalue weighted by molar-refractivity contribution is 7.18. The molecule has 0 saturated carbocycles. The number of thiazole rings is 1. The van der Waals surface area contributed by atoms with Crippen LogP contribution in [0.2, 0.25) is 0 Å². The summed E-state index contributed by atoms with van der Waals surface area (Å²) in [6.45, 7) is 6.06. The second-order valence-electron chi connectivity index (χ2n) is 9.48. The Morgan fingerprint density at radius 3 is 2.52 bits per heavy atom. The first-order valence-corrected chi connectivity index (χ1v) is 11.5. The second kappa shape index (κ2) is 8.24. The highest BCUT2D eigenvalue weighted by Gasteiger charge is 2.40. The van der Waals surface area contributed by atoms with Crippen LogP contribution in [-0.4, -0.2) is 39.7 Å². The van der Waals surface area contributed by atoms with Crippen LogP contribution in [0, 0.1) is 0 Å². The Kier molecular flexibility index (Phi) is 5.93. The van der Waals surface area contributed by atoms with Crippen molar-refractivity contribution in [3.8, 4) is 0 Å². The van der Waals surface area contributed by atoms with Crippen LogP contribution in [0.15, 0.2) is 18.2 Å². The molecule has 1 N–H and O–H groups in total. The van der Waals surface area contributed by atoms with E-state index in [4.69, 9.17) is 4.74 Å². The number of nitrogens with zero attached hydrogens (tertiary/aromatic N) is 2. The Balaban J connectivity index is 1.47. The number of alkyl halides is 3. The predicted octanol–water partition coefficient (Wildman–Crippen LogP) is 5.73. The fraction of sp³-hybridized carbons (Fsp3) is 0.636. The van der Waals surface area contributed by atoms with Crippen molar-refractivity contribution in [1.82, 2.24) is 15.2 Å². The molecule has 2 saturated heterocycles. The number of ether oxygens (including phenoxy) is 1. The molecule has 2 bridgehead atoms. The number of para-hydroxylation sites is 1. The lowest BCUT2D eigenvalue weighted by Crippen LogP contribution is -2.56. The van der Waals surface area contributed by atoms with Gasteiger partial charge in [0.2, 0.25) is 0 Å². The molecule has 2 atom stereocenters. The smallest absolute Gasteiger partial charge is 0.418 e. The first kappa shape index (κ1) is 22.3. The molecule has 5 nitrogen and oxygen atoms in total. The zero-order valence-electron chi connectivity index (χ0n) is 18.0. The first-order valence-electron chi connectivity index (χ1n) is 10.7. The van der Waals surface area contributed by atoms with Gasteiger partial charge in [0, 0.05) is 18.1 Å². The van der Waals surface area contributed by atoms with Gasteiger partial charge in [-0.05, 0) is 58.6 Å². The van der Waals surface area contributed by atoms with E-state index in [1.165, 1.54) is 17.4 Å². The molecule has 2 aromatic rings. The van der Waals surface area contributed by atoms with Gasteiger partial charge < -0.3 is 10.1 Å². The zero-order chi connectivity index (χ0) is 22.4. The van der Waals surface area contributed by atoms with E-state index < -0.39 is 23.4 Å². The molecule has 0 spiro atoms. The Labute approximate surface area is 184 Å². The van der Waals surface area contributed by atoms with E-state index in [-0.39, 0.29) is 23.6 Å². The quantitative estimate of drug-likeness (QED) is 0.643. The minimum absolute atomic E-state index is 0.0432. The molecule has 2 unspecified atom stereocenters. The number of hydrogen-bond acceptors (Lipinski definition) is 5. The van der Waals surface area contributed by atoms with Gasteiger partial charge in [0.1, 0.15) is 10.6 Å². The maximum Gasteiger partial charge on any atom is 0.418 e. The largest absolute Gasteiger partial charge is 0.444 e. The number of piperidine rings is 2. The number of rotatable bonds is 3. The summed E-state index contributed by atoms with van der Waals surface area (Å²) >= 11 is 1.34. The second-order valence-corrected chi connectivity index (χ2v) is 10.6. The fourth-order valence-corrected chi connectivity index (χ4v) is 5.78. The van der Waals surface area contributed by atoms with Crippen LogP contribution in [0.4, 0.5) is 18.0 Å². The van der Waals surface area contributed by atoms with Crippen molar-refractivity contribution >= 4 is 27.6 Å². The lowest BCUT2D eigenvalue weighted by atomic mass is 9.82. The van der Waals surface area contributed by atoms with Crippen LogP contribution in [0.25, 0.3) is 10.2 Å². The van der Waals surface area contributed by atoms with Gasteiger partial charge in [0.25, 0.3) is 0 Å². The molecule has 3 heterocycles. The van der Waals surface area contributed by atoms with Crippen LogP contribution in [0.5, 0.6) is 0 Å². The number of fused-ring (bicyclic) bond motifs is 3. The molecule has 9 heteroatoms. The highest BCUT2D eigenvalue weighted by atomic mass is 32.1. The van der Waals surface area contributed by atoms with Gasteiger partial charge in [-0.2, -0.15) is 13.2 Å². The summed E-state index contributed by atoms with van der Waals surface area (Å²) < 4.78 is 46.0. The van der Waals surface area contributed by atoms with Crippen molar-refractivity contribution in [3.63, 3.8) is 0 Å². The minimum atomic E-state index is -4.41. The number of nitrogens with one attached hydrogen (secondary N) is 1. The first-order chi connectivity index (χ1) is 14.5. The summed E-state index contributed by atoms with van der Waals surface area (Å²) in [4.78, 5) is 18.9. The molecule has 4 rings (SSSR count). The molecule has 1 aromatic heterocycles. The van der Waals surface area contributed by atoms with Crippen molar-refractivity contribution in [3.05, 3.63) is 28.8 Å². The molecular weight excluding hydrogens is 427 g/mol. The Bertz CT molecular complexity index is 940. The summed E-state index contributed by atoms with van der Waals surface area (Å²) in [5, 5.41) is 3.72. The average molecular weight is 456 g/mol. The van der Waals surface area contributed by atoms with Gasteiger partial charge in [0.05, 0.1) is 22.3 Å². The maximum absolute atomic E-state index is 13.3. The number of alkyl carbamates (subject to hydrolysis) is 1. The molecule has 170 valence electrons. The van der Waals surface area contributed by atoms with E-state index in [1.807, 2.05) is 20.8 Å². The Morgan fingerprint density at radius 1 is 1.23 bits per heavy atom. The van der Waals surface area contributed by atoms with Gasteiger partial charge in [-0.3, -0.25) is 4.90 Å². The topological polar surface area (TPSA) is 54.5 Å². The standard InChI is InChI=1S/C22H28F3N3O2S/c1-21(2,3)30-20(29)26-13-10-14-6-4-7-15(11-13)28(14)12-18-27-19-16(22(23,24)25)8-5-9-17(19)31-18/h5,8-9,13-15H,4,6-7,10-12H2,1-3H3,(H,26,29). The van der Waals surface area contributed by atoms with E-state index in [9.17, 15) is 18.0 Å². The van der Waals surface area contributed by atoms with Gasteiger partial charge in [-0.25, -0.2) is 9.78 Å². The third-order valence-corrected chi connectivity index (χ3v) is 6.94. The summed E-state index contributed by atoms with van der Waals surface area (Å²) in [5.74, 6) is 0. The van der Waals surface area contributed by atoms with E-state index >= 15 is 0 Å². The SMILES string of the molecule is CC(C)(C)OC(=O)NC1CC2CCCC(C1)N2Cc1nc2c(C(F)(F)F)cccc2s1. The van der Waals surface area contributed by atoms with Crippen molar-refractivity contribution < 1.29 is 22.7 Å². The van der Waals surface area contributed by atoms with Gasteiger partial charge in [-0.15, -0.1) is 11.3 Å². The third-order valence-electron chi connectivity index (χ3n) is 5.93. The van der Waals surface area contributed by atoms with E-state index in [0.717, 1.165) is 38.2 Å². The van der Waals surface area contributed by atoms with Gasteiger partial charge >= 0.3 is 12.3 Å². The molecule has 0 radical (unpaired) electrons. The lowest BCUT2D eigenvalue weighted by molar-refractivity contribution is -0.136. The molecule has 1 amide bonds. The monoisotopic (exact) mass is 455 g/mol. The van der Waals surface area contributed by atoms with Gasteiger partial charge in [-0.1, -0.05) is 12.5 Å². The highest BCUT2D eigenvalue weighted by Crippen LogP contribution is 2.39. The van der Waals surface area contributed by atoms with Crippen LogP contribution in [0.3, 0.4) is 0 Å². The molecule has 2 fully saturated rings. The summed E-state index contributed by atoms with van der Waals surface area (Å²) in [5.41, 5.74) is -1.17. The average Bonchev–Trinajstić information content (AvgIpc) is 3.02. The van der Waals surface area contributed by atoms with Crippen LogP contribution in [-0.2, 0) is 17.5 Å². The number of benzene rings is 1. The number of halogens is 3. The van der Waals surface area contributed by atoms with Crippen LogP contribution in [0.1, 0.15) is 63.4 Å². The number of carbonyl (C=O) groups is 1. The van der Waals surface area contributed by atoms with Crippen molar-refractivity contribution in [2.45, 2.75) is 89.3 Å². The zero-order valence-corrected chi connectivity index (χ0v) is 18.8. The van der Waals surface area contributed by atoms with Gasteiger partial charge in [0.15, 0.2) is 0 Å². The molecular formula is C22H28F3N3O2S. The van der Waals surface area contributed by atoms with Crippen LogP contribution < -0.4 is 5.32 Å². The Hall–Kier alpha value is -1.87. The summed E-state index contributed by atoms with van der Waals surface area (Å²) in [6.07, 6.45) is -0.0163. The van der Waals surface area contributed by atoms with E-state index in [2.05, 4.69) is 15.2 Å². The number of aromatic nitrogens is 1. The van der Waals surface area contributed by atoms with Crippen molar-refractivity contribution in [2.24, 2.45) is 0 Å². The van der Waals surface area contributed by atoms with Crippen molar-refractivity contribution in [1.29, 1.82) is 0 Å². The van der Waals surface area contributed by atoms with E-state index in [0.29, 0.717) is 16.3 Å². The lowest BCUT2D eigenvalue weighted by Gasteiger charge is -2.48. The number of amides is 1. The molecule has 31 heavy (non-hydrogen) atoms. The fourth-order valence-electron chi connectivity index (χ4n) is 4.78. The molecule has 0 aliphatic carbocycles. The third kappa shape index (κ3) is 5.14. The van der Waals surface area contributed by atoms with Crippen molar-refractivity contribution in [2.75, 3.05) is 0 Å². The summed E-state index contributed by atoms with van der Waals surface area (Å²) in [6, 6.07) is 4.84. The Morgan fingerprint density at radius 2 is 1.90 bits per heavy atom. The minimum Gasteiger partial charge on any atom is -0.444 e. The molecule has 1 aromatic carbocycles. The molecule has 2 aliphatic heterocycles. The molecule has 2 aliphatic rings.